The van der Waals surface area contributed by atoms with Crippen LogP contribution in [0.2, 0.25) is 0 Å². The van der Waals surface area contributed by atoms with Crippen LogP contribution in [0.25, 0.3) is 0 Å². The first-order chi connectivity index (χ1) is 11.6. The van der Waals surface area contributed by atoms with Gasteiger partial charge in [0.15, 0.2) is 0 Å². The summed E-state index contributed by atoms with van der Waals surface area (Å²) in [6.07, 6.45) is 1.57. The van der Waals surface area contributed by atoms with Crippen LogP contribution in [-0.4, -0.2) is 29.3 Å². The van der Waals surface area contributed by atoms with E-state index in [4.69, 9.17) is 0 Å². The summed E-state index contributed by atoms with van der Waals surface area (Å²) in [6, 6.07) is 11.0. The van der Waals surface area contributed by atoms with E-state index in [-0.39, 0.29) is 23.9 Å². The van der Waals surface area contributed by atoms with Gasteiger partial charge in [-0.05, 0) is 42.8 Å². The van der Waals surface area contributed by atoms with Crippen molar-refractivity contribution >= 4 is 39.1 Å². The van der Waals surface area contributed by atoms with Gasteiger partial charge in [-0.3, -0.25) is 9.59 Å². The minimum absolute atomic E-state index is 0.0452. The van der Waals surface area contributed by atoms with Crippen LogP contribution in [0.5, 0.6) is 0 Å². The van der Waals surface area contributed by atoms with Gasteiger partial charge in [-0.2, -0.15) is 0 Å². The molecule has 126 valence electrons. The van der Waals surface area contributed by atoms with E-state index in [0.717, 1.165) is 16.5 Å². The Balaban J connectivity index is 1.70. The smallest absolute Gasteiger partial charge is 0.264 e. The minimum Gasteiger partial charge on any atom is -0.348 e. The van der Waals surface area contributed by atoms with Gasteiger partial charge >= 0.3 is 0 Å². The predicted molar refractivity (Wildman–Crippen MR) is 99.1 cm³/mol. The van der Waals surface area contributed by atoms with Gasteiger partial charge < -0.3 is 10.2 Å². The van der Waals surface area contributed by atoms with Crippen molar-refractivity contribution in [1.82, 2.24) is 10.2 Å². The third kappa shape index (κ3) is 3.54. The number of rotatable bonds is 4. The van der Waals surface area contributed by atoms with Crippen LogP contribution >= 0.6 is 27.3 Å². The molecular formula is C18H19BrN2O2S. The fourth-order valence-electron chi connectivity index (χ4n) is 3.04. The molecule has 0 spiro atoms. The van der Waals surface area contributed by atoms with Crippen LogP contribution in [0.15, 0.2) is 46.3 Å². The topological polar surface area (TPSA) is 49.4 Å². The molecule has 1 aliphatic heterocycles. The first-order valence-corrected chi connectivity index (χ1v) is 9.64. The fourth-order valence-corrected chi connectivity index (χ4v) is 4.34. The summed E-state index contributed by atoms with van der Waals surface area (Å²) >= 11 is 4.93. The lowest BCUT2D eigenvalue weighted by Gasteiger charge is -2.25. The van der Waals surface area contributed by atoms with Crippen molar-refractivity contribution in [3.63, 3.8) is 0 Å². The quantitative estimate of drug-likeness (QED) is 0.833. The molecule has 2 aromatic rings. The second-order valence-electron chi connectivity index (χ2n) is 5.89. The van der Waals surface area contributed by atoms with E-state index in [0.29, 0.717) is 17.8 Å². The molecule has 0 unspecified atom stereocenters. The van der Waals surface area contributed by atoms with Crippen molar-refractivity contribution in [2.45, 2.75) is 31.8 Å². The number of hydrogen-bond donors (Lipinski definition) is 1. The molecule has 1 aliphatic rings. The van der Waals surface area contributed by atoms with Gasteiger partial charge in [0.05, 0.1) is 10.9 Å². The van der Waals surface area contributed by atoms with Crippen molar-refractivity contribution in [3.05, 3.63) is 56.7 Å². The molecule has 0 aliphatic carbocycles. The number of hydrogen-bond acceptors (Lipinski definition) is 3. The second-order valence-corrected chi connectivity index (χ2v) is 7.69. The molecule has 1 saturated heterocycles. The molecule has 24 heavy (non-hydrogen) atoms. The first kappa shape index (κ1) is 17.2. The number of nitrogens with zero attached hydrogens (tertiary/aromatic N) is 1. The van der Waals surface area contributed by atoms with Crippen LogP contribution in [0.4, 0.5) is 0 Å². The highest BCUT2D eigenvalue weighted by atomic mass is 79.9. The molecule has 3 rings (SSSR count). The van der Waals surface area contributed by atoms with Gasteiger partial charge in [-0.25, -0.2) is 0 Å². The largest absolute Gasteiger partial charge is 0.348 e. The zero-order valence-corrected chi connectivity index (χ0v) is 15.8. The number of carbonyl (C=O) groups is 2. The molecule has 0 bridgehead atoms. The molecule has 2 amide bonds. The summed E-state index contributed by atoms with van der Waals surface area (Å²) in [5.41, 5.74) is 1.03. The Labute approximate surface area is 154 Å². The standard InChI is InChI=1S/C18H19BrN2O2S/c1-12(13-6-2-3-7-14(13)19)20-17(22)15-8-4-10-21(15)18(23)16-9-5-11-24-16/h2-3,5-7,9,11-12,15H,4,8,10H2,1H3,(H,20,22)/t12-,15-/m1/s1. The molecule has 4 nitrogen and oxygen atoms in total. The summed E-state index contributed by atoms with van der Waals surface area (Å²) in [5.74, 6) is -0.128. The summed E-state index contributed by atoms with van der Waals surface area (Å²) in [4.78, 5) is 27.7. The molecule has 2 heterocycles. The maximum Gasteiger partial charge on any atom is 0.264 e. The molecule has 6 heteroatoms. The normalized spacial score (nSPS) is 18.4. The van der Waals surface area contributed by atoms with Crippen molar-refractivity contribution < 1.29 is 9.59 Å². The van der Waals surface area contributed by atoms with Gasteiger partial charge in [-0.15, -0.1) is 11.3 Å². The average molecular weight is 407 g/mol. The fraction of sp³-hybridized carbons (Fsp3) is 0.333. The number of thiophene rings is 1. The highest BCUT2D eigenvalue weighted by molar-refractivity contribution is 9.10. The van der Waals surface area contributed by atoms with E-state index in [1.165, 1.54) is 11.3 Å². The van der Waals surface area contributed by atoms with Gasteiger partial charge in [0, 0.05) is 11.0 Å². The Kier molecular flexibility index (Phi) is 5.36. The van der Waals surface area contributed by atoms with Gasteiger partial charge in [0.1, 0.15) is 6.04 Å². The van der Waals surface area contributed by atoms with Gasteiger partial charge in [-0.1, -0.05) is 40.2 Å². The minimum atomic E-state index is -0.385. The van der Waals surface area contributed by atoms with E-state index in [9.17, 15) is 9.59 Å². The number of nitrogens with one attached hydrogen (secondary N) is 1. The molecule has 0 radical (unpaired) electrons. The Morgan fingerprint density at radius 2 is 2.08 bits per heavy atom. The lowest BCUT2D eigenvalue weighted by atomic mass is 10.1. The SMILES string of the molecule is C[C@@H](NC(=O)[C@H]1CCCN1C(=O)c1cccs1)c1ccccc1Br. The number of halogens is 1. The van der Waals surface area contributed by atoms with Crippen molar-refractivity contribution in [3.8, 4) is 0 Å². The van der Waals surface area contributed by atoms with Crippen molar-refractivity contribution in [2.75, 3.05) is 6.54 Å². The summed E-state index contributed by atoms with van der Waals surface area (Å²) < 4.78 is 0.968. The number of likely N-dealkylation sites (tertiary alicyclic amines) is 1. The molecule has 1 aromatic carbocycles. The Morgan fingerprint density at radius 3 is 2.79 bits per heavy atom. The lowest BCUT2D eigenvalue weighted by Crippen LogP contribution is -2.46. The summed E-state index contributed by atoms with van der Waals surface area (Å²) in [5, 5.41) is 4.93. The average Bonchev–Trinajstić information content (AvgIpc) is 3.26. The Morgan fingerprint density at radius 1 is 1.29 bits per heavy atom. The third-order valence-corrected chi connectivity index (χ3v) is 5.86. The first-order valence-electron chi connectivity index (χ1n) is 7.97. The Bertz CT molecular complexity index is 732. The van der Waals surface area contributed by atoms with Crippen LogP contribution < -0.4 is 5.32 Å². The van der Waals surface area contributed by atoms with Crippen LogP contribution in [0.1, 0.15) is 41.0 Å². The summed E-state index contributed by atoms with van der Waals surface area (Å²) in [6.45, 7) is 2.59. The molecular weight excluding hydrogens is 388 g/mol. The molecule has 1 fully saturated rings. The third-order valence-electron chi connectivity index (χ3n) is 4.28. The van der Waals surface area contributed by atoms with Crippen LogP contribution in [-0.2, 0) is 4.79 Å². The molecule has 1 N–H and O–H groups in total. The van der Waals surface area contributed by atoms with E-state index in [1.807, 2.05) is 48.7 Å². The zero-order chi connectivity index (χ0) is 17.1. The lowest BCUT2D eigenvalue weighted by molar-refractivity contribution is -0.125. The van der Waals surface area contributed by atoms with E-state index in [1.54, 1.807) is 4.90 Å². The molecule has 1 aromatic heterocycles. The summed E-state index contributed by atoms with van der Waals surface area (Å²) in [7, 11) is 0. The maximum absolute atomic E-state index is 12.7. The highest BCUT2D eigenvalue weighted by Crippen LogP contribution is 2.25. The second kappa shape index (κ2) is 7.49. The number of amides is 2. The van der Waals surface area contributed by atoms with Crippen molar-refractivity contribution in [2.24, 2.45) is 0 Å². The number of benzene rings is 1. The van der Waals surface area contributed by atoms with Crippen LogP contribution in [0, 0.1) is 0 Å². The predicted octanol–water partition coefficient (Wildman–Crippen LogP) is 3.99. The van der Waals surface area contributed by atoms with Gasteiger partial charge in [0.25, 0.3) is 5.91 Å². The number of carbonyl (C=O) groups excluding carboxylic acids is 2. The van der Waals surface area contributed by atoms with Gasteiger partial charge in [0.2, 0.25) is 5.91 Å². The van der Waals surface area contributed by atoms with E-state index < -0.39 is 0 Å². The van der Waals surface area contributed by atoms with Crippen LogP contribution in [0.3, 0.4) is 0 Å². The zero-order valence-electron chi connectivity index (χ0n) is 13.4. The molecule has 2 atom stereocenters. The van der Waals surface area contributed by atoms with E-state index >= 15 is 0 Å². The van der Waals surface area contributed by atoms with E-state index in [2.05, 4.69) is 21.2 Å². The van der Waals surface area contributed by atoms with Crippen molar-refractivity contribution in [1.29, 1.82) is 0 Å². The highest BCUT2D eigenvalue weighted by Gasteiger charge is 2.35. The Hall–Kier alpha value is -1.66. The maximum atomic E-state index is 12.7. The molecule has 0 saturated carbocycles. The monoisotopic (exact) mass is 406 g/mol.